The minimum atomic E-state index is -4.47. The monoisotopic (exact) mass is 382 g/mol. The van der Waals surface area contributed by atoms with Crippen LogP contribution in [0.4, 0.5) is 23.7 Å². The third kappa shape index (κ3) is 4.90. The summed E-state index contributed by atoms with van der Waals surface area (Å²) in [6.45, 7) is 1.42. The number of hydrogen-bond donors (Lipinski definition) is 2. The second kappa shape index (κ2) is 6.99. The maximum Gasteiger partial charge on any atom is 0.416 e. The van der Waals surface area contributed by atoms with Crippen LogP contribution in [0.3, 0.4) is 0 Å². The zero-order chi connectivity index (χ0) is 17.1. The lowest BCUT2D eigenvalue weighted by Gasteiger charge is -2.20. The molecule has 0 fully saturated rings. The molecule has 1 aromatic carbocycles. The van der Waals surface area contributed by atoms with Gasteiger partial charge in [-0.05, 0) is 34.1 Å². The Morgan fingerprint density at radius 1 is 1.41 bits per heavy atom. The molecule has 2 N–H and O–H groups in total. The highest BCUT2D eigenvalue weighted by Gasteiger charge is 2.31. The van der Waals surface area contributed by atoms with Crippen molar-refractivity contribution in [2.45, 2.75) is 13.1 Å². The molecular weight excluding hydrogens is 369 g/mol. The van der Waals surface area contributed by atoms with Crippen LogP contribution in [0.5, 0.6) is 0 Å². The number of rotatable bonds is 4. The number of urea groups is 1. The van der Waals surface area contributed by atoms with Crippen LogP contribution in [-0.4, -0.2) is 35.6 Å². The Morgan fingerprint density at radius 2 is 2.00 bits per heavy atom. The molecule has 0 aliphatic rings. The third-order valence-electron chi connectivity index (χ3n) is 2.85. The molecule has 22 heavy (non-hydrogen) atoms. The van der Waals surface area contributed by atoms with Gasteiger partial charge in [0.05, 0.1) is 17.2 Å². The van der Waals surface area contributed by atoms with Gasteiger partial charge < -0.3 is 15.3 Å². The van der Waals surface area contributed by atoms with Gasteiger partial charge in [0.25, 0.3) is 0 Å². The molecule has 1 unspecified atom stereocenters. The van der Waals surface area contributed by atoms with Gasteiger partial charge in [0.1, 0.15) is 0 Å². The van der Waals surface area contributed by atoms with Gasteiger partial charge in [-0.3, -0.25) is 4.79 Å². The van der Waals surface area contributed by atoms with Gasteiger partial charge in [-0.2, -0.15) is 13.2 Å². The number of anilines is 1. The average molecular weight is 383 g/mol. The Labute approximate surface area is 133 Å². The van der Waals surface area contributed by atoms with Crippen LogP contribution in [0.2, 0.25) is 0 Å². The summed E-state index contributed by atoms with van der Waals surface area (Å²) in [7, 11) is 1.40. The summed E-state index contributed by atoms with van der Waals surface area (Å²) in [6, 6.07) is 2.21. The summed E-state index contributed by atoms with van der Waals surface area (Å²) in [4.78, 5) is 23.8. The lowest BCUT2D eigenvalue weighted by Crippen LogP contribution is -2.36. The lowest BCUT2D eigenvalue weighted by molar-refractivity contribution is -0.141. The smallest absolute Gasteiger partial charge is 0.416 e. The van der Waals surface area contributed by atoms with Crippen molar-refractivity contribution in [1.82, 2.24) is 4.90 Å². The Balaban J connectivity index is 2.78. The summed E-state index contributed by atoms with van der Waals surface area (Å²) in [5.74, 6) is -1.80. The summed E-state index contributed by atoms with van der Waals surface area (Å²) < 4.78 is 37.7. The molecule has 0 saturated carbocycles. The maximum atomic E-state index is 12.5. The SMILES string of the molecule is CC(CN(C)C(=O)Nc1ccc(C(F)(F)F)cc1Br)C(=O)O. The molecule has 1 atom stereocenters. The fourth-order valence-corrected chi connectivity index (χ4v) is 2.05. The van der Waals surface area contributed by atoms with Crippen molar-refractivity contribution in [2.24, 2.45) is 5.92 Å². The first-order valence-corrected chi connectivity index (χ1v) is 6.93. The number of halogens is 4. The van der Waals surface area contributed by atoms with Gasteiger partial charge in [-0.15, -0.1) is 0 Å². The van der Waals surface area contributed by atoms with Gasteiger partial charge in [0.2, 0.25) is 0 Å². The molecular formula is C13H14BrF3N2O3. The van der Waals surface area contributed by atoms with Crippen molar-refractivity contribution >= 4 is 33.6 Å². The molecule has 1 aromatic rings. The van der Waals surface area contributed by atoms with Gasteiger partial charge in [0, 0.05) is 18.1 Å². The van der Waals surface area contributed by atoms with E-state index in [4.69, 9.17) is 5.11 Å². The number of amides is 2. The standard InChI is InChI=1S/C13H14BrF3N2O3/c1-7(11(20)21)6-19(2)12(22)18-10-4-3-8(5-9(10)14)13(15,16)17/h3-5,7H,6H2,1-2H3,(H,18,22)(H,20,21). The number of alkyl halides is 3. The number of carbonyl (C=O) groups is 2. The van der Waals surface area contributed by atoms with E-state index in [0.717, 1.165) is 23.1 Å². The average Bonchev–Trinajstić information content (AvgIpc) is 2.39. The van der Waals surface area contributed by atoms with E-state index >= 15 is 0 Å². The van der Waals surface area contributed by atoms with E-state index in [-0.39, 0.29) is 16.7 Å². The van der Waals surface area contributed by atoms with E-state index in [9.17, 15) is 22.8 Å². The van der Waals surface area contributed by atoms with Crippen LogP contribution in [-0.2, 0) is 11.0 Å². The first kappa shape index (κ1) is 18.3. The van der Waals surface area contributed by atoms with Crippen LogP contribution < -0.4 is 5.32 Å². The molecule has 0 aliphatic carbocycles. The molecule has 2 amide bonds. The zero-order valence-electron chi connectivity index (χ0n) is 11.7. The highest BCUT2D eigenvalue weighted by Crippen LogP contribution is 2.33. The molecule has 122 valence electrons. The molecule has 0 bridgehead atoms. The number of carbonyl (C=O) groups excluding carboxylic acids is 1. The van der Waals surface area contributed by atoms with Crippen LogP contribution in [0, 0.1) is 5.92 Å². The molecule has 0 spiro atoms. The Hall–Kier alpha value is -1.77. The fourth-order valence-electron chi connectivity index (χ4n) is 1.58. The fraction of sp³-hybridized carbons (Fsp3) is 0.385. The summed E-state index contributed by atoms with van der Waals surface area (Å²) in [5, 5.41) is 11.2. The quantitative estimate of drug-likeness (QED) is 0.834. The van der Waals surface area contributed by atoms with Gasteiger partial charge in [-0.25, -0.2) is 4.79 Å². The topological polar surface area (TPSA) is 69.6 Å². The number of carboxylic acid groups (broad SMARTS) is 1. The molecule has 9 heteroatoms. The molecule has 0 aliphatic heterocycles. The molecule has 1 rings (SSSR count). The molecule has 0 aromatic heterocycles. The molecule has 5 nitrogen and oxygen atoms in total. The van der Waals surface area contributed by atoms with Crippen LogP contribution in [0.25, 0.3) is 0 Å². The number of nitrogens with zero attached hydrogens (tertiary/aromatic N) is 1. The maximum absolute atomic E-state index is 12.5. The number of hydrogen-bond acceptors (Lipinski definition) is 2. The van der Waals surface area contributed by atoms with Crippen LogP contribution in [0.15, 0.2) is 22.7 Å². The van der Waals surface area contributed by atoms with E-state index in [1.807, 2.05) is 0 Å². The lowest BCUT2D eigenvalue weighted by atomic mass is 10.2. The Morgan fingerprint density at radius 3 is 2.45 bits per heavy atom. The highest BCUT2D eigenvalue weighted by molar-refractivity contribution is 9.10. The second-order valence-corrected chi connectivity index (χ2v) is 5.60. The highest BCUT2D eigenvalue weighted by atomic mass is 79.9. The number of benzene rings is 1. The van der Waals surface area contributed by atoms with E-state index in [0.29, 0.717) is 0 Å². The van der Waals surface area contributed by atoms with Crippen molar-refractivity contribution in [1.29, 1.82) is 0 Å². The van der Waals surface area contributed by atoms with Crippen molar-refractivity contribution in [3.05, 3.63) is 28.2 Å². The molecule has 0 saturated heterocycles. The zero-order valence-corrected chi connectivity index (χ0v) is 13.3. The minimum Gasteiger partial charge on any atom is -0.481 e. The normalized spacial score (nSPS) is 12.6. The molecule has 0 radical (unpaired) electrons. The van der Waals surface area contributed by atoms with Gasteiger partial charge in [0.15, 0.2) is 0 Å². The molecule has 0 heterocycles. The van der Waals surface area contributed by atoms with Crippen molar-refractivity contribution in [2.75, 3.05) is 18.9 Å². The Bertz CT molecular complexity index is 578. The predicted octanol–water partition coefficient (Wildman–Crippen LogP) is 3.65. The first-order chi connectivity index (χ1) is 10.0. The van der Waals surface area contributed by atoms with Crippen molar-refractivity contribution in [3.8, 4) is 0 Å². The van der Waals surface area contributed by atoms with E-state index in [1.165, 1.54) is 14.0 Å². The summed E-state index contributed by atoms with van der Waals surface area (Å²) in [6.07, 6.45) is -4.47. The number of carboxylic acids is 1. The van der Waals surface area contributed by atoms with Gasteiger partial charge >= 0.3 is 18.2 Å². The van der Waals surface area contributed by atoms with Crippen molar-refractivity contribution in [3.63, 3.8) is 0 Å². The van der Waals surface area contributed by atoms with Crippen LogP contribution >= 0.6 is 15.9 Å². The second-order valence-electron chi connectivity index (χ2n) is 4.74. The number of nitrogens with one attached hydrogen (secondary N) is 1. The first-order valence-electron chi connectivity index (χ1n) is 6.14. The minimum absolute atomic E-state index is 0.0284. The van der Waals surface area contributed by atoms with Crippen LogP contribution in [0.1, 0.15) is 12.5 Å². The van der Waals surface area contributed by atoms with E-state index in [2.05, 4.69) is 21.2 Å². The number of aliphatic carboxylic acids is 1. The van der Waals surface area contributed by atoms with E-state index < -0.39 is 29.7 Å². The third-order valence-corrected chi connectivity index (χ3v) is 3.51. The Kier molecular flexibility index (Phi) is 5.81. The van der Waals surface area contributed by atoms with Crippen molar-refractivity contribution < 1.29 is 27.9 Å². The largest absolute Gasteiger partial charge is 0.481 e. The van der Waals surface area contributed by atoms with E-state index in [1.54, 1.807) is 0 Å². The van der Waals surface area contributed by atoms with Gasteiger partial charge in [-0.1, -0.05) is 6.92 Å². The summed E-state index contributed by atoms with van der Waals surface area (Å²) >= 11 is 2.96. The predicted molar refractivity (Wildman–Crippen MR) is 77.6 cm³/mol. The summed E-state index contributed by atoms with van der Waals surface area (Å²) in [5.41, 5.74) is -0.682.